The molecule has 2 rings (SSSR count). The Morgan fingerprint density at radius 2 is 1.85 bits per heavy atom. The Labute approximate surface area is 126 Å². The van der Waals surface area contributed by atoms with E-state index in [1.807, 2.05) is 38.1 Å². The van der Waals surface area contributed by atoms with Crippen LogP contribution in [0.3, 0.4) is 0 Å². The van der Waals surface area contributed by atoms with Gasteiger partial charge in [-0.3, -0.25) is 0 Å². The normalized spacial score (nSPS) is 10.7. The van der Waals surface area contributed by atoms with Gasteiger partial charge in [0.15, 0.2) is 0 Å². The highest BCUT2D eigenvalue weighted by atomic mass is 79.9. The van der Waals surface area contributed by atoms with Crippen LogP contribution >= 0.6 is 15.9 Å². The highest BCUT2D eigenvalue weighted by molar-refractivity contribution is 9.10. The molecule has 2 aromatic rings. The van der Waals surface area contributed by atoms with Crippen LogP contribution in [0.1, 0.15) is 13.8 Å². The second kappa shape index (κ2) is 6.13. The Kier molecular flexibility index (Phi) is 4.49. The van der Waals surface area contributed by atoms with E-state index in [-0.39, 0.29) is 11.9 Å². The van der Waals surface area contributed by atoms with Crippen molar-refractivity contribution in [3.05, 3.63) is 46.7 Å². The van der Waals surface area contributed by atoms with E-state index >= 15 is 0 Å². The molecular weight excluding hydrogens is 323 g/mol. The summed E-state index contributed by atoms with van der Waals surface area (Å²) in [6, 6.07) is 10.4. The molecule has 0 unspecified atom stereocenters. The first-order valence-electron chi connectivity index (χ1n) is 6.24. The van der Waals surface area contributed by atoms with E-state index in [1.54, 1.807) is 6.07 Å². The van der Waals surface area contributed by atoms with Crippen LogP contribution in [0.5, 0.6) is 5.75 Å². The molecule has 0 bridgehead atoms. The molecule has 3 nitrogen and oxygen atoms in total. The van der Waals surface area contributed by atoms with E-state index < -0.39 is 0 Å². The monoisotopic (exact) mass is 338 g/mol. The predicted octanol–water partition coefficient (Wildman–Crippen LogP) is 4.70. The summed E-state index contributed by atoms with van der Waals surface area (Å²) in [5.74, 6) is 0.424. The van der Waals surface area contributed by atoms with Gasteiger partial charge in [-0.2, -0.15) is 0 Å². The van der Waals surface area contributed by atoms with Crippen LogP contribution in [0, 0.1) is 5.82 Å². The smallest absolute Gasteiger partial charge is 0.139 e. The lowest BCUT2D eigenvalue weighted by molar-refractivity contribution is 0.242. The lowest BCUT2D eigenvalue weighted by Crippen LogP contribution is -2.05. The molecule has 0 saturated carbocycles. The number of nitrogen functional groups attached to an aromatic ring is 1. The van der Waals surface area contributed by atoms with E-state index in [4.69, 9.17) is 10.5 Å². The zero-order valence-electron chi connectivity index (χ0n) is 11.3. The van der Waals surface area contributed by atoms with Crippen molar-refractivity contribution < 1.29 is 9.13 Å². The highest BCUT2D eigenvalue weighted by Crippen LogP contribution is 2.29. The Hall–Kier alpha value is -1.75. The fraction of sp³-hybridized carbons (Fsp3) is 0.200. The van der Waals surface area contributed by atoms with Crippen molar-refractivity contribution in [2.75, 3.05) is 11.1 Å². The van der Waals surface area contributed by atoms with Gasteiger partial charge in [0.2, 0.25) is 0 Å². The Morgan fingerprint density at radius 1 is 1.20 bits per heavy atom. The van der Waals surface area contributed by atoms with Gasteiger partial charge in [0, 0.05) is 11.8 Å². The summed E-state index contributed by atoms with van der Waals surface area (Å²) >= 11 is 3.14. The molecule has 0 radical (unpaired) electrons. The molecule has 0 atom stereocenters. The van der Waals surface area contributed by atoms with E-state index in [0.29, 0.717) is 15.8 Å². The summed E-state index contributed by atoms with van der Waals surface area (Å²) in [5.41, 5.74) is 7.64. The summed E-state index contributed by atoms with van der Waals surface area (Å²) in [5, 5.41) is 3.14. The lowest BCUT2D eigenvalue weighted by Gasteiger charge is -2.12. The average Bonchev–Trinajstić information content (AvgIpc) is 2.37. The number of nitrogens with two attached hydrogens (primary N) is 1. The molecule has 2 aromatic carbocycles. The third kappa shape index (κ3) is 3.63. The zero-order chi connectivity index (χ0) is 14.7. The third-order valence-electron chi connectivity index (χ3n) is 2.60. The van der Waals surface area contributed by atoms with Crippen molar-refractivity contribution in [3.63, 3.8) is 0 Å². The summed E-state index contributed by atoms with van der Waals surface area (Å²) in [6.45, 7) is 3.95. The molecular formula is C15H16BrFN2O. The van der Waals surface area contributed by atoms with E-state index in [9.17, 15) is 4.39 Å². The molecule has 5 heteroatoms. The van der Waals surface area contributed by atoms with Crippen molar-refractivity contribution in [3.8, 4) is 5.75 Å². The summed E-state index contributed by atoms with van der Waals surface area (Å²) in [6.07, 6.45) is 0.137. The number of hydrogen-bond acceptors (Lipinski definition) is 3. The zero-order valence-corrected chi connectivity index (χ0v) is 12.9. The molecule has 0 aromatic heterocycles. The Bertz CT molecular complexity index is 600. The number of rotatable bonds is 4. The number of hydrogen-bond donors (Lipinski definition) is 2. The van der Waals surface area contributed by atoms with Gasteiger partial charge < -0.3 is 15.8 Å². The molecule has 0 spiro atoms. The second-order valence-corrected chi connectivity index (χ2v) is 5.52. The molecule has 0 amide bonds. The van der Waals surface area contributed by atoms with Gasteiger partial charge in [-0.25, -0.2) is 4.39 Å². The largest absolute Gasteiger partial charge is 0.491 e. The van der Waals surface area contributed by atoms with Gasteiger partial charge >= 0.3 is 0 Å². The number of anilines is 3. The molecule has 106 valence electrons. The van der Waals surface area contributed by atoms with Crippen LogP contribution in [0.2, 0.25) is 0 Å². The maximum Gasteiger partial charge on any atom is 0.139 e. The van der Waals surface area contributed by atoms with Gasteiger partial charge in [0.1, 0.15) is 11.6 Å². The lowest BCUT2D eigenvalue weighted by atomic mass is 10.2. The van der Waals surface area contributed by atoms with Crippen LogP contribution < -0.4 is 15.8 Å². The first kappa shape index (κ1) is 14.7. The number of benzene rings is 2. The van der Waals surface area contributed by atoms with E-state index in [1.165, 1.54) is 6.07 Å². The topological polar surface area (TPSA) is 47.3 Å². The van der Waals surface area contributed by atoms with Crippen molar-refractivity contribution >= 4 is 33.0 Å². The maximum atomic E-state index is 13.3. The number of nitrogens with one attached hydrogen (secondary N) is 1. The predicted molar refractivity (Wildman–Crippen MR) is 84.0 cm³/mol. The SMILES string of the molecule is CC(C)Oc1ccc(Nc2cc(Br)c(F)cc2N)cc1. The fourth-order valence-electron chi connectivity index (χ4n) is 1.71. The minimum Gasteiger partial charge on any atom is -0.491 e. The molecule has 20 heavy (non-hydrogen) atoms. The van der Waals surface area contributed by atoms with Crippen LogP contribution in [0.25, 0.3) is 0 Å². The first-order valence-corrected chi connectivity index (χ1v) is 7.03. The van der Waals surface area contributed by atoms with Crippen LogP contribution in [0.15, 0.2) is 40.9 Å². The maximum absolute atomic E-state index is 13.3. The standard InChI is InChI=1S/C15H16BrFN2O/c1-9(2)20-11-5-3-10(4-6-11)19-15-7-12(16)13(17)8-14(15)18/h3-9,19H,18H2,1-2H3. The van der Waals surface area contributed by atoms with Gasteiger partial charge in [-0.05, 0) is 60.1 Å². The first-order chi connectivity index (χ1) is 9.45. The van der Waals surface area contributed by atoms with Crippen LogP contribution in [0.4, 0.5) is 21.5 Å². The minimum atomic E-state index is -0.381. The minimum absolute atomic E-state index is 0.137. The van der Waals surface area contributed by atoms with Crippen molar-refractivity contribution in [1.29, 1.82) is 0 Å². The van der Waals surface area contributed by atoms with Crippen LogP contribution in [-0.2, 0) is 0 Å². The molecule has 3 N–H and O–H groups in total. The average molecular weight is 339 g/mol. The number of halogens is 2. The fourth-order valence-corrected chi connectivity index (χ4v) is 2.06. The summed E-state index contributed by atoms with van der Waals surface area (Å²) in [4.78, 5) is 0. The van der Waals surface area contributed by atoms with Crippen molar-refractivity contribution in [1.82, 2.24) is 0 Å². The summed E-state index contributed by atoms with van der Waals surface area (Å²) in [7, 11) is 0. The molecule has 0 saturated heterocycles. The van der Waals surface area contributed by atoms with Gasteiger partial charge in [-0.15, -0.1) is 0 Å². The Balaban J connectivity index is 2.16. The van der Waals surface area contributed by atoms with Crippen molar-refractivity contribution in [2.45, 2.75) is 20.0 Å². The molecule has 0 aliphatic rings. The van der Waals surface area contributed by atoms with Gasteiger partial charge in [-0.1, -0.05) is 0 Å². The van der Waals surface area contributed by atoms with Gasteiger partial charge in [0.25, 0.3) is 0 Å². The molecule has 0 heterocycles. The van der Waals surface area contributed by atoms with E-state index in [0.717, 1.165) is 11.4 Å². The quantitative estimate of drug-likeness (QED) is 0.794. The third-order valence-corrected chi connectivity index (χ3v) is 3.21. The summed E-state index contributed by atoms with van der Waals surface area (Å²) < 4.78 is 19.2. The van der Waals surface area contributed by atoms with Crippen LogP contribution in [-0.4, -0.2) is 6.10 Å². The highest BCUT2D eigenvalue weighted by Gasteiger charge is 2.06. The Morgan fingerprint density at radius 3 is 2.45 bits per heavy atom. The van der Waals surface area contributed by atoms with Crippen molar-refractivity contribution in [2.24, 2.45) is 0 Å². The molecule has 0 aliphatic heterocycles. The number of ether oxygens (including phenoxy) is 1. The molecule has 0 fully saturated rings. The molecule has 0 aliphatic carbocycles. The van der Waals surface area contributed by atoms with Gasteiger partial charge in [0.05, 0.1) is 22.0 Å². The van der Waals surface area contributed by atoms with E-state index in [2.05, 4.69) is 21.2 Å². The second-order valence-electron chi connectivity index (χ2n) is 4.67.